The van der Waals surface area contributed by atoms with Crippen molar-refractivity contribution in [2.45, 2.75) is 58.5 Å². The van der Waals surface area contributed by atoms with Crippen LogP contribution in [0.25, 0.3) is 11.3 Å². The number of ether oxygens (including phenoxy) is 2. The van der Waals surface area contributed by atoms with Crippen molar-refractivity contribution < 1.29 is 13.9 Å². The van der Waals surface area contributed by atoms with Crippen molar-refractivity contribution in [1.82, 2.24) is 4.98 Å². The molecule has 1 atom stereocenters. The van der Waals surface area contributed by atoms with Crippen molar-refractivity contribution >= 4 is 0 Å². The van der Waals surface area contributed by atoms with Gasteiger partial charge in [0.2, 0.25) is 0 Å². The molecule has 0 aliphatic heterocycles. The van der Waals surface area contributed by atoms with E-state index in [-0.39, 0.29) is 5.75 Å². The van der Waals surface area contributed by atoms with Crippen molar-refractivity contribution in [3.63, 3.8) is 0 Å². The van der Waals surface area contributed by atoms with E-state index in [4.69, 9.17) is 14.7 Å². The maximum atomic E-state index is 14.1. The highest BCUT2D eigenvalue weighted by Crippen LogP contribution is 2.25. The van der Waals surface area contributed by atoms with Crippen LogP contribution < -0.4 is 9.47 Å². The normalized spacial score (nSPS) is 11.6. The Bertz CT molecular complexity index is 741. The summed E-state index contributed by atoms with van der Waals surface area (Å²) in [6.07, 6.45) is 6.66. The largest absolute Gasteiger partial charge is 0.494 e. The Balaban J connectivity index is 1.86. The van der Waals surface area contributed by atoms with Crippen LogP contribution in [0.5, 0.6) is 11.5 Å². The summed E-state index contributed by atoms with van der Waals surface area (Å²) >= 11 is 0. The van der Waals surface area contributed by atoms with Crippen LogP contribution in [0.4, 0.5) is 4.39 Å². The van der Waals surface area contributed by atoms with Crippen molar-refractivity contribution in [3.05, 3.63) is 42.3 Å². The Morgan fingerprint density at radius 1 is 1.04 bits per heavy atom. The number of hydrogen-bond donors (Lipinski definition) is 0. The first-order chi connectivity index (χ1) is 13.1. The van der Waals surface area contributed by atoms with Gasteiger partial charge in [0.25, 0.3) is 5.95 Å². The Morgan fingerprint density at radius 3 is 2.41 bits per heavy atom. The van der Waals surface area contributed by atoms with Gasteiger partial charge in [0.05, 0.1) is 12.3 Å². The van der Waals surface area contributed by atoms with Crippen LogP contribution in [0, 0.1) is 17.3 Å². The minimum Gasteiger partial charge on any atom is -0.494 e. The van der Waals surface area contributed by atoms with Crippen molar-refractivity contribution in [2.24, 2.45) is 0 Å². The minimum absolute atomic E-state index is 0.0216. The Morgan fingerprint density at radius 2 is 1.74 bits per heavy atom. The number of nitrogens with zero attached hydrogens (tertiary/aromatic N) is 2. The van der Waals surface area contributed by atoms with Crippen LogP contribution in [0.1, 0.15) is 52.4 Å². The fraction of sp³-hybridized carbons (Fsp3) is 0.455. The summed E-state index contributed by atoms with van der Waals surface area (Å²) in [6, 6.07) is 12.5. The van der Waals surface area contributed by atoms with Gasteiger partial charge in [-0.3, -0.25) is 0 Å². The molecule has 0 saturated heterocycles. The van der Waals surface area contributed by atoms with Gasteiger partial charge in [0.1, 0.15) is 11.8 Å². The lowest BCUT2D eigenvalue weighted by Crippen LogP contribution is -2.10. The zero-order valence-electron chi connectivity index (χ0n) is 16.1. The third-order valence-electron chi connectivity index (χ3n) is 4.22. The van der Waals surface area contributed by atoms with E-state index in [0.29, 0.717) is 12.3 Å². The van der Waals surface area contributed by atoms with E-state index in [0.717, 1.165) is 17.7 Å². The molecule has 5 heteroatoms. The van der Waals surface area contributed by atoms with Crippen molar-refractivity contribution in [3.8, 4) is 28.8 Å². The lowest BCUT2D eigenvalue weighted by Gasteiger charge is -2.10. The Labute approximate surface area is 161 Å². The molecule has 4 nitrogen and oxygen atoms in total. The number of halogens is 1. The average Bonchev–Trinajstić information content (AvgIpc) is 2.69. The molecular weight excluding hydrogens is 343 g/mol. The zero-order chi connectivity index (χ0) is 19.5. The predicted octanol–water partition coefficient (Wildman–Crippen LogP) is 5.92. The molecule has 0 aliphatic carbocycles. The first-order valence-electron chi connectivity index (χ1n) is 9.60. The second kappa shape index (κ2) is 11.2. The summed E-state index contributed by atoms with van der Waals surface area (Å²) in [6.45, 7) is 4.48. The summed E-state index contributed by atoms with van der Waals surface area (Å²) in [7, 11) is 0. The van der Waals surface area contributed by atoms with Crippen molar-refractivity contribution in [1.29, 1.82) is 5.26 Å². The fourth-order valence-corrected chi connectivity index (χ4v) is 2.68. The first-order valence-corrected chi connectivity index (χ1v) is 9.60. The standard InChI is InChI=1S/C22H27FN2O2/c1-3-4-5-6-7-8-15-26-19-11-9-18(10-12-19)20-13-14-21(22(23)25-20)27-17(2)16-24/h9-14,17H,3-8,15H2,1-2H3. The van der Waals surface area contributed by atoms with Gasteiger partial charge in [-0.2, -0.15) is 9.65 Å². The second-order valence-electron chi connectivity index (χ2n) is 6.52. The van der Waals surface area contributed by atoms with Gasteiger partial charge in [-0.05, 0) is 49.7 Å². The highest BCUT2D eigenvalue weighted by molar-refractivity contribution is 5.60. The molecule has 27 heavy (non-hydrogen) atoms. The molecule has 0 saturated carbocycles. The minimum atomic E-state index is -0.727. The van der Waals surface area contributed by atoms with Gasteiger partial charge < -0.3 is 9.47 Å². The number of unbranched alkanes of at least 4 members (excludes halogenated alkanes) is 5. The molecule has 1 heterocycles. The molecule has 2 aromatic rings. The monoisotopic (exact) mass is 370 g/mol. The molecule has 0 N–H and O–H groups in total. The number of rotatable bonds is 11. The molecule has 0 fully saturated rings. The molecule has 0 amide bonds. The third-order valence-corrected chi connectivity index (χ3v) is 4.22. The molecule has 0 spiro atoms. The van der Waals surface area contributed by atoms with E-state index in [1.54, 1.807) is 13.0 Å². The molecule has 1 unspecified atom stereocenters. The predicted molar refractivity (Wildman–Crippen MR) is 104 cm³/mol. The lowest BCUT2D eigenvalue weighted by molar-refractivity contribution is 0.259. The maximum absolute atomic E-state index is 14.1. The summed E-state index contributed by atoms with van der Waals surface area (Å²) in [5.41, 5.74) is 1.30. The van der Waals surface area contributed by atoms with Crippen LogP contribution in [0.3, 0.4) is 0 Å². The third kappa shape index (κ3) is 6.90. The molecule has 1 aromatic heterocycles. The fourth-order valence-electron chi connectivity index (χ4n) is 2.68. The SMILES string of the molecule is CCCCCCCCOc1ccc(-c2ccc(OC(C)C#N)c(F)n2)cc1. The molecule has 144 valence electrons. The van der Waals surface area contributed by atoms with Crippen LogP contribution in [-0.2, 0) is 0 Å². The van der Waals surface area contributed by atoms with Gasteiger partial charge in [0.15, 0.2) is 11.9 Å². The number of aromatic nitrogens is 1. The Kier molecular flexibility index (Phi) is 8.57. The van der Waals surface area contributed by atoms with Crippen LogP contribution in [0.2, 0.25) is 0 Å². The van der Waals surface area contributed by atoms with Gasteiger partial charge >= 0.3 is 0 Å². The molecule has 0 radical (unpaired) electrons. The van der Waals surface area contributed by atoms with E-state index in [1.165, 1.54) is 38.2 Å². The Hall–Kier alpha value is -2.61. The number of hydrogen-bond acceptors (Lipinski definition) is 4. The maximum Gasteiger partial charge on any atom is 0.255 e. The molecule has 0 bridgehead atoms. The van der Waals surface area contributed by atoms with E-state index >= 15 is 0 Å². The molecular formula is C22H27FN2O2. The first kappa shape index (κ1) is 20.7. The van der Waals surface area contributed by atoms with Crippen LogP contribution in [0.15, 0.2) is 36.4 Å². The second-order valence-corrected chi connectivity index (χ2v) is 6.52. The summed E-state index contributed by atoms with van der Waals surface area (Å²) in [5.74, 6) is 0.0558. The number of nitriles is 1. The highest BCUT2D eigenvalue weighted by Gasteiger charge is 2.11. The van der Waals surface area contributed by atoms with Crippen molar-refractivity contribution in [2.75, 3.05) is 6.61 Å². The molecule has 2 rings (SSSR count). The summed E-state index contributed by atoms with van der Waals surface area (Å²) < 4.78 is 25.0. The van der Waals surface area contributed by atoms with Gasteiger partial charge in [0, 0.05) is 5.56 Å². The molecule has 0 aliphatic rings. The van der Waals surface area contributed by atoms with Gasteiger partial charge in [-0.15, -0.1) is 0 Å². The summed E-state index contributed by atoms with van der Waals surface area (Å²) in [5, 5.41) is 8.74. The smallest absolute Gasteiger partial charge is 0.255 e. The average molecular weight is 370 g/mol. The van der Waals surface area contributed by atoms with E-state index < -0.39 is 12.1 Å². The lowest BCUT2D eigenvalue weighted by atomic mass is 10.1. The van der Waals surface area contributed by atoms with Crippen LogP contribution >= 0.6 is 0 Å². The number of pyridine rings is 1. The van der Waals surface area contributed by atoms with E-state index in [9.17, 15) is 4.39 Å². The zero-order valence-corrected chi connectivity index (χ0v) is 16.1. The number of benzene rings is 1. The van der Waals surface area contributed by atoms with E-state index in [2.05, 4.69) is 11.9 Å². The van der Waals surface area contributed by atoms with E-state index in [1.807, 2.05) is 30.3 Å². The highest BCUT2D eigenvalue weighted by atomic mass is 19.1. The van der Waals surface area contributed by atoms with Gasteiger partial charge in [-0.1, -0.05) is 39.0 Å². The quantitative estimate of drug-likeness (QED) is 0.364. The molecule has 1 aromatic carbocycles. The van der Waals surface area contributed by atoms with Crippen LogP contribution in [-0.4, -0.2) is 17.7 Å². The summed E-state index contributed by atoms with van der Waals surface area (Å²) in [4.78, 5) is 3.93. The topological polar surface area (TPSA) is 55.1 Å². The van der Waals surface area contributed by atoms with Gasteiger partial charge in [-0.25, -0.2) is 4.98 Å².